The van der Waals surface area contributed by atoms with Crippen LogP contribution >= 0.6 is 0 Å². The first-order valence-corrected chi connectivity index (χ1v) is 8.40. The van der Waals surface area contributed by atoms with Crippen molar-refractivity contribution in [2.24, 2.45) is 0 Å². The Hall–Kier alpha value is -0.950. The molecule has 5 nitrogen and oxygen atoms in total. The summed E-state index contributed by atoms with van der Waals surface area (Å²) in [6.07, 6.45) is 2.24. The number of nitrogens with one attached hydrogen (secondary N) is 1. The molecule has 0 saturated carbocycles. The monoisotopic (exact) mass is 298 g/mol. The van der Waals surface area contributed by atoms with Gasteiger partial charge in [0.1, 0.15) is 0 Å². The number of sulfonamides is 1. The maximum absolute atomic E-state index is 12.3. The molecule has 1 aliphatic heterocycles. The Balaban J connectivity index is 2.02. The Labute approximate surface area is 120 Å². The van der Waals surface area contributed by atoms with Crippen LogP contribution in [-0.2, 0) is 16.4 Å². The fourth-order valence-corrected chi connectivity index (χ4v) is 3.68. The smallest absolute Gasteiger partial charge is 0.240 e. The zero-order valence-electron chi connectivity index (χ0n) is 11.7. The van der Waals surface area contributed by atoms with E-state index >= 15 is 0 Å². The maximum atomic E-state index is 12.3. The molecule has 0 aromatic heterocycles. The number of rotatable bonds is 5. The molecule has 1 saturated heterocycles. The molecule has 2 N–H and O–H groups in total. The molecular weight excluding hydrogens is 276 g/mol. The summed E-state index contributed by atoms with van der Waals surface area (Å²) in [5, 5.41) is 8.85. The van der Waals surface area contributed by atoms with Gasteiger partial charge >= 0.3 is 0 Å². The van der Waals surface area contributed by atoms with Crippen molar-refractivity contribution in [3.05, 3.63) is 29.8 Å². The molecule has 1 aromatic rings. The SMILES string of the molecule is CN1CCC(NS(=O)(=O)c2ccc(CCO)cc2)CC1. The molecule has 0 radical (unpaired) electrons. The van der Waals surface area contributed by atoms with Gasteiger partial charge in [0.15, 0.2) is 0 Å². The molecule has 0 spiro atoms. The van der Waals surface area contributed by atoms with Gasteiger partial charge in [0, 0.05) is 12.6 Å². The van der Waals surface area contributed by atoms with Crippen LogP contribution in [-0.4, -0.2) is 51.2 Å². The third-order valence-electron chi connectivity index (χ3n) is 3.67. The van der Waals surface area contributed by atoms with Gasteiger partial charge in [0.05, 0.1) is 4.90 Å². The van der Waals surface area contributed by atoms with Crippen LogP contribution in [0.4, 0.5) is 0 Å². The first-order valence-electron chi connectivity index (χ1n) is 6.92. The van der Waals surface area contributed by atoms with Gasteiger partial charge in [0.2, 0.25) is 10.0 Å². The van der Waals surface area contributed by atoms with Gasteiger partial charge in [-0.3, -0.25) is 0 Å². The van der Waals surface area contributed by atoms with Gasteiger partial charge in [0.25, 0.3) is 0 Å². The van der Waals surface area contributed by atoms with Crippen LogP contribution < -0.4 is 4.72 Å². The lowest BCUT2D eigenvalue weighted by molar-refractivity contribution is 0.248. The molecule has 0 amide bonds. The van der Waals surface area contributed by atoms with Crippen LogP contribution in [0.2, 0.25) is 0 Å². The Kier molecular flexibility index (Phi) is 5.15. The third kappa shape index (κ3) is 4.02. The normalized spacial score (nSPS) is 18.3. The molecule has 1 aromatic carbocycles. The van der Waals surface area contributed by atoms with Gasteiger partial charge in [-0.25, -0.2) is 13.1 Å². The zero-order valence-corrected chi connectivity index (χ0v) is 12.6. The fraction of sp³-hybridized carbons (Fsp3) is 0.571. The molecule has 6 heteroatoms. The van der Waals surface area contributed by atoms with Crippen LogP contribution in [0.1, 0.15) is 18.4 Å². The highest BCUT2D eigenvalue weighted by molar-refractivity contribution is 7.89. The third-order valence-corrected chi connectivity index (χ3v) is 5.21. The summed E-state index contributed by atoms with van der Waals surface area (Å²) in [6, 6.07) is 6.72. The number of piperidine rings is 1. The molecule has 0 bridgehead atoms. The van der Waals surface area contributed by atoms with E-state index in [2.05, 4.69) is 9.62 Å². The molecule has 1 aliphatic rings. The van der Waals surface area contributed by atoms with Crippen molar-refractivity contribution in [2.45, 2.75) is 30.2 Å². The Morgan fingerprint density at radius 3 is 2.40 bits per heavy atom. The summed E-state index contributed by atoms with van der Waals surface area (Å²) in [7, 11) is -1.39. The minimum absolute atomic E-state index is 0.0216. The molecule has 0 atom stereocenters. The van der Waals surface area contributed by atoms with E-state index in [1.54, 1.807) is 24.3 Å². The summed E-state index contributed by atoms with van der Waals surface area (Å²) in [4.78, 5) is 2.49. The van der Waals surface area contributed by atoms with Crippen molar-refractivity contribution in [2.75, 3.05) is 26.7 Å². The number of nitrogens with zero attached hydrogens (tertiary/aromatic N) is 1. The van der Waals surface area contributed by atoms with Gasteiger partial charge < -0.3 is 10.0 Å². The minimum Gasteiger partial charge on any atom is -0.396 e. The van der Waals surface area contributed by atoms with Crippen LogP contribution in [0.25, 0.3) is 0 Å². The average Bonchev–Trinajstić information content (AvgIpc) is 2.42. The second-order valence-corrected chi connectivity index (χ2v) is 7.03. The summed E-state index contributed by atoms with van der Waals surface area (Å²) in [6.45, 7) is 1.91. The van der Waals surface area contributed by atoms with Crippen molar-refractivity contribution in [3.63, 3.8) is 0 Å². The molecular formula is C14H22N2O3S. The van der Waals surface area contributed by atoms with Crippen LogP contribution in [0.5, 0.6) is 0 Å². The molecule has 0 unspecified atom stereocenters. The van der Waals surface area contributed by atoms with E-state index in [0.29, 0.717) is 6.42 Å². The molecule has 1 fully saturated rings. The lowest BCUT2D eigenvalue weighted by Gasteiger charge is -2.29. The molecule has 0 aliphatic carbocycles. The van der Waals surface area contributed by atoms with E-state index in [4.69, 9.17) is 5.11 Å². The number of aliphatic hydroxyl groups excluding tert-OH is 1. The van der Waals surface area contributed by atoms with Crippen LogP contribution in [0, 0.1) is 0 Å². The topological polar surface area (TPSA) is 69.6 Å². The minimum atomic E-state index is -3.44. The van der Waals surface area contributed by atoms with Crippen LogP contribution in [0.15, 0.2) is 29.2 Å². The van der Waals surface area contributed by atoms with Crippen molar-refractivity contribution in [1.82, 2.24) is 9.62 Å². The zero-order chi connectivity index (χ0) is 14.6. The van der Waals surface area contributed by atoms with Gasteiger partial charge in [-0.15, -0.1) is 0 Å². The highest BCUT2D eigenvalue weighted by atomic mass is 32.2. The highest BCUT2D eigenvalue weighted by Crippen LogP contribution is 2.15. The average molecular weight is 298 g/mol. The lowest BCUT2D eigenvalue weighted by atomic mass is 10.1. The first kappa shape index (κ1) is 15.4. The van der Waals surface area contributed by atoms with E-state index in [1.165, 1.54) is 0 Å². The molecule has 20 heavy (non-hydrogen) atoms. The second-order valence-electron chi connectivity index (χ2n) is 5.32. The maximum Gasteiger partial charge on any atom is 0.240 e. The standard InChI is InChI=1S/C14H22N2O3S/c1-16-9-6-13(7-10-16)15-20(18,19)14-4-2-12(3-5-14)8-11-17/h2-5,13,15,17H,6-11H2,1H3. The van der Waals surface area contributed by atoms with Gasteiger partial charge in [-0.2, -0.15) is 0 Å². The summed E-state index contributed by atoms with van der Waals surface area (Å²) >= 11 is 0. The Bertz CT molecular complexity index is 520. The molecule has 1 heterocycles. The molecule has 2 rings (SSSR count). The van der Waals surface area contributed by atoms with Crippen molar-refractivity contribution in [1.29, 1.82) is 0 Å². The van der Waals surface area contributed by atoms with E-state index in [9.17, 15) is 8.42 Å². The Morgan fingerprint density at radius 1 is 1.25 bits per heavy atom. The lowest BCUT2D eigenvalue weighted by Crippen LogP contribution is -2.43. The predicted molar refractivity (Wildman–Crippen MR) is 78.1 cm³/mol. The number of aliphatic hydroxyl groups is 1. The number of hydrogen-bond acceptors (Lipinski definition) is 4. The summed E-state index contributed by atoms with van der Waals surface area (Å²) in [5.74, 6) is 0. The van der Waals surface area contributed by atoms with Crippen molar-refractivity contribution >= 4 is 10.0 Å². The first-order chi connectivity index (χ1) is 9.51. The quantitative estimate of drug-likeness (QED) is 0.835. The highest BCUT2D eigenvalue weighted by Gasteiger charge is 2.23. The summed E-state index contributed by atoms with van der Waals surface area (Å²) < 4.78 is 27.3. The summed E-state index contributed by atoms with van der Waals surface area (Å²) in [5.41, 5.74) is 0.936. The number of hydrogen-bond donors (Lipinski definition) is 2. The van der Waals surface area contributed by atoms with Crippen LogP contribution in [0.3, 0.4) is 0 Å². The molecule has 112 valence electrons. The van der Waals surface area contributed by atoms with Gasteiger partial charge in [-0.1, -0.05) is 12.1 Å². The second kappa shape index (κ2) is 6.67. The largest absolute Gasteiger partial charge is 0.396 e. The number of likely N-dealkylation sites (tertiary alicyclic amines) is 1. The van der Waals surface area contributed by atoms with E-state index in [-0.39, 0.29) is 17.5 Å². The van der Waals surface area contributed by atoms with Crippen molar-refractivity contribution < 1.29 is 13.5 Å². The Morgan fingerprint density at radius 2 is 1.85 bits per heavy atom. The predicted octanol–water partition coefficient (Wildman–Crippen LogP) is 0.594. The van der Waals surface area contributed by atoms with E-state index < -0.39 is 10.0 Å². The number of benzene rings is 1. The van der Waals surface area contributed by atoms with Gasteiger partial charge in [-0.05, 0) is 57.1 Å². The van der Waals surface area contributed by atoms with E-state index in [1.807, 2.05) is 7.05 Å². The van der Waals surface area contributed by atoms with Crippen molar-refractivity contribution in [3.8, 4) is 0 Å². The van der Waals surface area contributed by atoms with E-state index in [0.717, 1.165) is 31.5 Å². The fourth-order valence-electron chi connectivity index (χ4n) is 2.38.